The molecule has 0 bridgehead atoms. The van der Waals surface area contributed by atoms with Crippen molar-refractivity contribution in [1.82, 2.24) is 14.5 Å². The molecule has 4 rings (SSSR count). The second kappa shape index (κ2) is 8.43. The molecule has 6 nitrogen and oxygen atoms in total. The van der Waals surface area contributed by atoms with Gasteiger partial charge in [0.2, 0.25) is 0 Å². The third-order valence-corrected chi connectivity index (χ3v) is 5.41. The third kappa shape index (κ3) is 4.27. The molecule has 0 fully saturated rings. The molecule has 2 N–H and O–H groups in total. The van der Waals surface area contributed by atoms with Crippen molar-refractivity contribution in [3.8, 4) is 11.3 Å². The zero-order chi connectivity index (χ0) is 22.1. The van der Waals surface area contributed by atoms with Gasteiger partial charge in [0, 0.05) is 29.4 Å². The zero-order valence-electron chi connectivity index (χ0n) is 17.2. The molecular formula is C23H22ClFN4O2. The number of amides is 1. The van der Waals surface area contributed by atoms with E-state index in [-0.39, 0.29) is 18.1 Å². The highest BCUT2D eigenvalue weighted by atomic mass is 35.5. The van der Waals surface area contributed by atoms with Crippen LogP contribution in [0.4, 0.5) is 15.9 Å². The highest BCUT2D eigenvalue weighted by Crippen LogP contribution is 2.33. The Morgan fingerprint density at radius 2 is 1.77 bits per heavy atom. The lowest BCUT2D eigenvalue weighted by Crippen LogP contribution is -2.39. The van der Waals surface area contributed by atoms with Gasteiger partial charge in [-0.25, -0.2) is 9.37 Å². The molecule has 1 aliphatic rings. The summed E-state index contributed by atoms with van der Waals surface area (Å²) in [5.41, 5.74) is 2.81. The Bertz CT molecular complexity index is 1150. The van der Waals surface area contributed by atoms with Crippen molar-refractivity contribution in [3.05, 3.63) is 76.5 Å². The highest BCUT2D eigenvalue weighted by Gasteiger charge is 2.28. The van der Waals surface area contributed by atoms with Gasteiger partial charge in [-0.2, -0.15) is 0 Å². The van der Waals surface area contributed by atoms with Crippen LogP contribution in [0.5, 0.6) is 0 Å². The maximum absolute atomic E-state index is 13.5. The van der Waals surface area contributed by atoms with E-state index in [1.165, 1.54) is 12.1 Å². The van der Waals surface area contributed by atoms with Crippen molar-refractivity contribution in [3.63, 3.8) is 0 Å². The number of carbonyl (C=O) groups is 1. The molecule has 8 heteroatoms. The summed E-state index contributed by atoms with van der Waals surface area (Å²) in [7, 11) is 0. The van der Waals surface area contributed by atoms with Crippen LogP contribution in [0.3, 0.4) is 0 Å². The SMILES string of the molecule is CC(C)=C(O)C(=O)N1CCn2c(nc(-c3ccc(F)cc3)c2Nc2ccc(Cl)cc2)C1. The predicted molar refractivity (Wildman–Crippen MR) is 119 cm³/mol. The largest absolute Gasteiger partial charge is 0.503 e. The van der Waals surface area contributed by atoms with Crippen molar-refractivity contribution in [1.29, 1.82) is 0 Å². The molecule has 2 heterocycles. The number of allylic oxidation sites excluding steroid dienone is 1. The smallest absolute Gasteiger partial charge is 0.289 e. The molecule has 160 valence electrons. The van der Waals surface area contributed by atoms with Crippen molar-refractivity contribution in [2.45, 2.75) is 26.9 Å². The number of benzene rings is 2. The van der Waals surface area contributed by atoms with Crippen molar-refractivity contribution < 1.29 is 14.3 Å². The molecule has 3 aromatic rings. The first-order chi connectivity index (χ1) is 14.8. The van der Waals surface area contributed by atoms with Gasteiger partial charge in [0.1, 0.15) is 23.2 Å². The van der Waals surface area contributed by atoms with Crippen molar-refractivity contribution in [2.24, 2.45) is 0 Å². The number of halogens is 2. The van der Waals surface area contributed by atoms with Gasteiger partial charge < -0.3 is 19.9 Å². The number of anilines is 2. The first-order valence-corrected chi connectivity index (χ1v) is 10.2. The molecular weight excluding hydrogens is 419 g/mol. The molecule has 0 atom stereocenters. The van der Waals surface area contributed by atoms with Gasteiger partial charge in [-0.05, 0) is 68.0 Å². The number of aliphatic hydroxyl groups is 1. The maximum atomic E-state index is 13.5. The summed E-state index contributed by atoms with van der Waals surface area (Å²) in [6, 6.07) is 13.4. The van der Waals surface area contributed by atoms with Gasteiger partial charge in [-0.1, -0.05) is 11.6 Å². The minimum absolute atomic E-state index is 0.238. The van der Waals surface area contributed by atoms with Crippen LogP contribution in [-0.4, -0.2) is 32.0 Å². The molecule has 0 radical (unpaired) electrons. The Kier molecular flexibility index (Phi) is 5.69. The number of carbonyl (C=O) groups excluding carboxylic acids is 1. The van der Waals surface area contributed by atoms with E-state index in [0.717, 1.165) is 17.1 Å². The van der Waals surface area contributed by atoms with Crippen LogP contribution >= 0.6 is 11.6 Å². The van der Waals surface area contributed by atoms with E-state index in [2.05, 4.69) is 5.32 Å². The molecule has 0 aliphatic carbocycles. The van der Waals surface area contributed by atoms with Gasteiger partial charge in [-0.15, -0.1) is 0 Å². The first kappa shape index (κ1) is 20.9. The number of rotatable bonds is 4. The van der Waals surface area contributed by atoms with E-state index >= 15 is 0 Å². The standard InChI is InChI=1S/C23H22ClFN4O2/c1-14(2)21(30)23(31)28-11-12-29-19(13-28)27-20(15-3-7-17(25)8-4-15)22(29)26-18-9-5-16(24)6-10-18/h3-10,26,30H,11-13H2,1-2H3. The summed E-state index contributed by atoms with van der Waals surface area (Å²) >= 11 is 6.00. The molecule has 1 aliphatic heterocycles. The number of aromatic nitrogens is 2. The summed E-state index contributed by atoms with van der Waals surface area (Å²) in [6.45, 7) is 4.57. The van der Waals surface area contributed by atoms with E-state index < -0.39 is 5.91 Å². The second-order valence-electron chi connectivity index (χ2n) is 7.59. The third-order valence-electron chi connectivity index (χ3n) is 5.16. The highest BCUT2D eigenvalue weighted by molar-refractivity contribution is 6.30. The number of aliphatic hydroxyl groups excluding tert-OH is 1. The lowest BCUT2D eigenvalue weighted by molar-refractivity contribution is -0.131. The van der Waals surface area contributed by atoms with Gasteiger partial charge >= 0.3 is 0 Å². The lowest BCUT2D eigenvalue weighted by Gasteiger charge is -2.28. The van der Waals surface area contributed by atoms with Gasteiger partial charge in [0.05, 0.1) is 6.54 Å². The molecule has 0 unspecified atom stereocenters. The number of hydrogen-bond acceptors (Lipinski definition) is 4. The van der Waals surface area contributed by atoms with Crippen LogP contribution in [0, 0.1) is 5.82 Å². The summed E-state index contributed by atoms with van der Waals surface area (Å²) < 4.78 is 15.5. The fraction of sp³-hybridized carbons (Fsp3) is 0.217. The Morgan fingerprint density at radius 1 is 1.10 bits per heavy atom. The fourth-order valence-electron chi connectivity index (χ4n) is 3.47. The molecule has 2 aromatic carbocycles. The molecule has 0 spiro atoms. The van der Waals surface area contributed by atoms with Gasteiger partial charge in [-0.3, -0.25) is 4.79 Å². The van der Waals surface area contributed by atoms with Crippen molar-refractivity contribution >= 4 is 29.0 Å². The summed E-state index contributed by atoms with van der Waals surface area (Å²) in [5, 5.41) is 14.1. The Balaban J connectivity index is 1.73. The number of nitrogens with one attached hydrogen (secondary N) is 1. The van der Waals surface area contributed by atoms with Crippen LogP contribution in [0.1, 0.15) is 19.7 Å². The lowest BCUT2D eigenvalue weighted by atomic mass is 10.1. The average molecular weight is 441 g/mol. The minimum atomic E-state index is -0.412. The van der Waals surface area contributed by atoms with Crippen LogP contribution < -0.4 is 5.32 Å². The van der Waals surface area contributed by atoms with E-state index in [4.69, 9.17) is 16.6 Å². The second-order valence-corrected chi connectivity index (χ2v) is 8.03. The summed E-state index contributed by atoms with van der Waals surface area (Å²) in [5.74, 6) is 0.455. The number of imidazole rings is 1. The monoisotopic (exact) mass is 440 g/mol. The Morgan fingerprint density at radius 3 is 2.42 bits per heavy atom. The predicted octanol–water partition coefficient (Wildman–Crippen LogP) is 5.28. The van der Waals surface area contributed by atoms with E-state index in [1.807, 2.05) is 16.7 Å². The van der Waals surface area contributed by atoms with Crippen LogP contribution in [-0.2, 0) is 17.9 Å². The van der Waals surface area contributed by atoms with E-state index in [9.17, 15) is 14.3 Å². The summed E-state index contributed by atoms with van der Waals surface area (Å²) in [6.07, 6.45) is 0. The molecule has 0 saturated heterocycles. The molecule has 1 aromatic heterocycles. The summed E-state index contributed by atoms with van der Waals surface area (Å²) in [4.78, 5) is 18.9. The van der Waals surface area contributed by atoms with Gasteiger partial charge in [0.25, 0.3) is 5.91 Å². The maximum Gasteiger partial charge on any atom is 0.289 e. The minimum Gasteiger partial charge on any atom is -0.503 e. The van der Waals surface area contributed by atoms with Crippen LogP contribution in [0.25, 0.3) is 11.3 Å². The van der Waals surface area contributed by atoms with Crippen LogP contribution in [0.15, 0.2) is 59.9 Å². The first-order valence-electron chi connectivity index (χ1n) is 9.87. The molecule has 1 amide bonds. The number of fused-ring (bicyclic) bond motifs is 1. The van der Waals surface area contributed by atoms with E-state index in [0.29, 0.717) is 35.2 Å². The van der Waals surface area contributed by atoms with Crippen molar-refractivity contribution in [2.75, 3.05) is 11.9 Å². The topological polar surface area (TPSA) is 70.4 Å². The number of nitrogens with zero attached hydrogens (tertiary/aromatic N) is 3. The normalized spacial score (nSPS) is 13.0. The zero-order valence-corrected chi connectivity index (χ0v) is 17.9. The average Bonchev–Trinajstić information content (AvgIpc) is 3.12. The molecule has 31 heavy (non-hydrogen) atoms. The van der Waals surface area contributed by atoms with Gasteiger partial charge in [0.15, 0.2) is 5.76 Å². The molecule has 0 saturated carbocycles. The van der Waals surface area contributed by atoms with Crippen LogP contribution in [0.2, 0.25) is 5.02 Å². The fourth-order valence-corrected chi connectivity index (χ4v) is 3.60. The quantitative estimate of drug-likeness (QED) is 0.427. The Labute approximate surface area is 184 Å². The van der Waals surface area contributed by atoms with E-state index in [1.54, 1.807) is 43.0 Å². The Hall–Kier alpha value is -3.32. The number of hydrogen-bond donors (Lipinski definition) is 2.